The second kappa shape index (κ2) is 12.1. The summed E-state index contributed by atoms with van der Waals surface area (Å²) in [5.74, 6) is 1.35. The number of benzene rings is 1. The molecule has 1 atom stereocenters. The van der Waals surface area contributed by atoms with Gasteiger partial charge in [0.05, 0.1) is 35.1 Å². The average Bonchev–Trinajstić information content (AvgIpc) is 3.33. The quantitative estimate of drug-likeness (QED) is 0.281. The monoisotopic (exact) mass is 590 g/mol. The maximum absolute atomic E-state index is 12.8. The molecule has 0 fully saturated rings. The fourth-order valence-corrected chi connectivity index (χ4v) is 5.01. The summed E-state index contributed by atoms with van der Waals surface area (Å²) < 4.78 is 33.0. The van der Waals surface area contributed by atoms with E-state index in [1.165, 1.54) is 7.11 Å². The number of anilines is 1. The summed E-state index contributed by atoms with van der Waals surface area (Å²) in [6.07, 6.45) is 2.36. The molecule has 0 aliphatic heterocycles. The minimum absolute atomic E-state index is 0.125. The highest BCUT2D eigenvalue weighted by molar-refractivity contribution is 7.93. The van der Waals surface area contributed by atoms with E-state index in [1.54, 1.807) is 33.0 Å². The van der Waals surface area contributed by atoms with E-state index >= 15 is 0 Å². The van der Waals surface area contributed by atoms with Crippen molar-refractivity contribution in [1.82, 2.24) is 25.3 Å². The Kier molecular flexibility index (Phi) is 9.51. The molecular formula is C28H39ClN6O4S. The number of H-pyrrole nitrogens is 1. The highest BCUT2D eigenvalue weighted by Gasteiger charge is 2.27. The summed E-state index contributed by atoms with van der Waals surface area (Å²) in [7, 11) is -2.29. The van der Waals surface area contributed by atoms with Crippen molar-refractivity contribution in [3.63, 3.8) is 0 Å². The first-order valence-electron chi connectivity index (χ1n) is 13.1. The summed E-state index contributed by atoms with van der Waals surface area (Å²) in [6.45, 7) is 14.9. The van der Waals surface area contributed by atoms with Crippen molar-refractivity contribution < 1.29 is 17.9 Å². The lowest BCUT2D eigenvalue weighted by atomic mass is 9.96. The number of hydrogen-bond acceptors (Lipinski definition) is 7. The summed E-state index contributed by atoms with van der Waals surface area (Å²) in [5, 5.41) is 2.55. The molecule has 0 aliphatic rings. The van der Waals surface area contributed by atoms with E-state index in [0.717, 1.165) is 5.82 Å². The number of carbonyl (C=O) groups excluding carboxylic acids is 1. The van der Waals surface area contributed by atoms with Gasteiger partial charge in [0.15, 0.2) is 0 Å². The maximum atomic E-state index is 12.8. The van der Waals surface area contributed by atoms with Gasteiger partial charge in [0.2, 0.25) is 10.0 Å². The van der Waals surface area contributed by atoms with Crippen molar-refractivity contribution in [2.75, 3.05) is 11.8 Å². The number of aromatic amines is 1. The Morgan fingerprint density at radius 3 is 2.42 bits per heavy atom. The van der Waals surface area contributed by atoms with Crippen molar-refractivity contribution in [2.24, 2.45) is 0 Å². The van der Waals surface area contributed by atoms with Gasteiger partial charge in [0.1, 0.15) is 11.6 Å². The second-order valence-electron chi connectivity index (χ2n) is 11.2. The zero-order chi connectivity index (χ0) is 30.0. The lowest BCUT2D eigenvalue weighted by Crippen LogP contribution is -2.32. The second-order valence-corrected chi connectivity index (χ2v) is 13.9. The Morgan fingerprint density at radius 2 is 1.82 bits per heavy atom. The van der Waals surface area contributed by atoms with Crippen molar-refractivity contribution >= 4 is 33.4 Å². The molecule has 0 unspecified atom stereocenters. The number of methoxy groups -OCH3 is 1. The van der Waals surface area contributed by atoms with Gasteiger partial charge in [-0.3, -0.25) is 4.72 Å². The predicted octanol–water partition coefficient (Wildman–Crippen LogP) is 5.93. The molecule has 12 heteroatoms. The number of aromatic nitrogens is 4. The van der Waals surface area contributed by atoms with E-state index in [0.29, 0.717) is 63.1 Å². The van der Waals surface area contributed by atoms with Gasteiger partial charge in [-0.1, -0.05) is 32.4 Å². The molecular weight excluding hydrogens is 552 g/mol. The summed E-state index contributed by atoms with van der Waals surface area (Å²) in [5.41, 5.74) is 4.09. The molecule has 3 N–H and O–H groups in total. The number of sulfonamides is 1. The Hall–Kier alpha value is -3.18. The van der Waals surface area contributed by atoms with Crippen LogP contribution in [0.4, 0.5) is 10.5 Å². The number of halogens is 1. The number of imidazole rings is 1. The van der Waals surface area contributed by atoms with Crippen LogP contribution in [0.5, 0.6) is 0 Å². The lowest BCUT2D eigenvalue weighted by Gasteiger charge is -2.19. The minimum Gasteiger partial charge on any atom is -0.453 e. The molecule has 0 saturated heterocycles. The molecule has 3 aromatic rings. The molecule has 0 radical (unpaired) electrons. The molecule has 218 valence electrons. The van der Waals surface area contributed by atoms with Gasteiger partial charge in [0.25, 0.3) is 0 Å². The summed E-state index contributed by atoms with van der Waals surface area (Å²) in [4.78, 5) is 29.2. The third kappa shape index (κ3) is 7.11. The van der Waals surface area contributed by atoms with Gasteiger partial charge < -0.3 is 15.0 Å². The van der Waals surface area contributed by atoms with Crippen LogP contribution in [0, 0.1) is 13.8 Å². The van der Waals surface area contributed by atoms with Gasteiger partial charge in [-0.25, -0.2) is 28.2 Å². The molecule has 2 heterocycles. The minimum atomic E-state index is -3.61. The van der Waals surface area contributed by atoms with Crippen molar-refractivity contribution in [2.45, 2.75) is 84.9 Å². The van der Waals surface area contributed by atoms with Gasteiger partial charge in [0, 0.05) is 34.7 Å². The number of nitrogens with zero attached hydrogens (tertiary/aromatic N) is 3. The number of carbonyl (C=O) groups is 1. The van der Waals surface area contributed by atoms with Crippen molar-refractivity contribution in [3.05, 3.63) is 46.1 Å². The third-order valence-corrected chi connectivity index (χ3v) is 8.75. The Morgan fingerprint density at radius 1 is 1.15 bits per heavy atom. The van der Waals surface area contributed by atoms with Crippen LogP contribution in [-0.4, -0.2) is 52.8 Å². The molecule has 10 nitrogen and oxygen atoms in total. The number of ether oxygens (including phenoxy) is 1. The Bertz CT molecular complexity index is 1500. The van der Waals surface area contributed by atoms with E-state index in [-0.39, 0.29) is 11.5 Å². The van der Waals surface area contributed by atoms with Crippen LogP contribution in [0.1, 0.15) is 70.7 Å². The van der Waals surface area contributed by atoms with Crippen LogP contribution in [0.25, 0.3) is 22.6 Å². The summed E-state index contributed by atoms with van der Waals surface area (Å²) in [6, 6.07) is 3.49. The number of amides is 1. The first-order chi connectivity index (χ1) is 18.5. The SMILES string of the molecule is COC(=O)N[C@@H](C)CCc1nccc(-c2[nH]c(C(C)(C)C)nc2-c2cc(Cl)c(C)c(NS(=O)(=O)C(C)C)c2C)n1. The molecule has 2 aromatic heterocycles. The molecule has 0 bridgehead atoms. The number of hydrogen-bond donors (Lipinski definition) is 3. The molecule has 0 aliphatic carbocycles. The normalized spacial score (nSPS) is 12.9. The maximum Gasteiger partial charge on any atom is 0.407 e. The summed E-state index contributed by atoms with van der Waals surface area (Å²) >= 11 is 6.65. The fraction of sp³-hybridized carbons (Fsp3) is 0.500. The highest BCUT2D eigenvalue weighted by atomic mass is 35.5. The van der Waals surface area contributed by atoms with Gasteiger partial charge in [-0.15, -0.1) is 0 Å². The smallest absolute Gasteiger partial charge is 0.407 e. The van der Waals surface area contributed by atoms with Crippen LogP contribution >= 0.6 is 11.6 Å². The number of alkyl carbamates (subject to hydrolysis) is 1. The molecule has 3 rings (SSSR count). The number of nitrogens with one attached hydrogen (secondary N) is 3. The molecule has 1 aromatic carbocycles. The predicted molar refractivity (Wildman–Crippen MR) is 159 cm³/mol. The van der Waals surface area contributed by atoms with Gasteiger partial charge >= 0.3 is 6.09 Å². The lowest BCUT2D eigenvalue weighted by molar-refractivity contribution is 0.167. The van der Waals surface area contributed by atoms with E-state index < -0.39 is 21.4 Å². The zero-order valence-corrected chi connectivity index (χ0v) is 26.1. The van der Waals surface area contributed by atoms with Crippen molar-refractivity contribution in [3.8, 4) is 22.6 Å². The van der Waals surface area contributed by atoms with Crippen LogP contribution in [0.3, 0.4) is 0 Å². The Balaban J connectivity index is 2.12. The number of aryl methyl sites for hydroxylation is 1. The van der Waals surface area contributed by atoms with Crippen LogP contribution < -0.4 is 10.0 Å². The molecule has 0 spiro atoms. The van der Waals surface area contributed by atoms with Crippen LogP contribution in [0.15, 0.2) is 18.3 Å². The molecule has 1 amide bonds. The van der Waals surface area contributed by atoms with Crippen LogP contribution in [-0.2, 0) is 26.6 Å². The van der Waals surface area contributed by atoms with Crippen LogP contribution in [0.2, 0.25) is 5.02 Å². The van der Waals surface area contributed by atoms with Crippen molar-refractivity contribution in [1.29, 1.82) is 0 Å². The molecule has 0 saturated carbocycles. The largest absolute Gasteiger partial charge is 0.453 e. The van der Waals surface area contributed by atoms with Gasteiger partial charge in [-0.2, -0.15) is 0 Å². The van der Waals surface area contributed by atoms with E-state index in [4.69, 9.17) is 21.6 Å². The Labute approximate surface area is 241 Å². The third-order valence-electron chi connectivity index (χ3n) is 6.63. The fourth-order valence-electron chi connectivity index (χ4n) is 3.98. The first-order valence-corrected chi connectivity index (χ1v) is 15.1. The number of rotatable bonds is 9. The zero-order valence-electron chi connectivity index (χ0n) is 24.6. The highest BCUT2D eigenvalue weighted by Crippen LogP contribution is 2.40. The van der Waals surface area contributed by atoms with E-state index in [1.807, 2.05) is 19.9 Å². The molecule has 40 heavy (non-hydrogen) atoms. The van der Waals surface area contributed by atoms with E-state index in [2.05, 4.69) is 45.5 Å². The standard InChI is InChI=1S/C28H39ClN6O4S/c1-15(2)40(37,38)35-23-17(4)19(14-20(29)18(23)5)24-25(34-26(33-24)28(6,7)8)21-12-13-30-22(32-21)11-10-16(3)31-27(36)39-9/h12-16,35H,10-11H2,1-9H3,(H,31,36)(H,33,34)/t16-/m0/s1. The topological polar surface area (TPSA) is 139 Å². The first kappa shape index (κ1) is 31.3. The van der Waals surface area contributed by atoms with E-state index in [9.17, 15) is 13.2 Å². The van der Waals surface area contributed by atoms with Gasteiger partial charge in [-0.05, 0) is 64.3 Å². The average molecular weight is 591 g/mol.